The van der Waals surface area contributed by atoms with Gasteiger partial charge in [-0.15, -0.1) is 0 Å². The smallest absolute Gasteiger partial charge is 0.153 e. The second kappa shape index (κ2) is 3.34. The van der Waals surface area contributed by atoms with Crippen LogP contribution in [-0.4, -0.2) is 15.2 Å². The maximum Gasteiger partial charge on any atom is 0.153 e. The molecule has 0 saturated heterocycles. The van der Waals surface area contributed by atoms with Gasteiger partial charge in [0.1, 0.15) is 0 Å². The highest BCUT2D eigenvalue weighted by molar-refractivity contribution is 5.91. The van der Waals surface area contributed by atoms with Crippen molar-refractivity contribution in [1.29, 1.82) is 0 Å². The van der Waals surface area contributed by atoms with Gasteiger partial charge in [0.2, 0.25) is 0 Å². The third-order valence-electron chi connectivity index (χ3n) is 2.59. The summed E-state index contributed by atoms with van der Waals surface area (Å²) in [7, 11) is 0. The molecule has 0 spiro atoms. The van der Waals surface area contributed by atoms with Gasteiger partial charge in [-0.25, -0.2) is 0 Å². The lowest BCUT2D eigenvalue weighted by Crippen LogP contribution is -1.83. The number of nitrogens with two attached hydrogens (primary N) is 1. The molecule has 0 amide bonds. The van der Waals surface area contributed by atoms with Crippen molar-refractivity contribution in [2.24, 2.45) is 0 Å². The molecule has 4 heteroatoms. The number of nitrogens with one attached hydrogen (secondary N) is 1. The van der Waals surface area contributed by atoms with E-state index in [0.717, 1.165) is 22.0 Å². The first-order valence-corrected chi connectivity index (χ1v) is 4.98. The van der Waals surface area contributed by atoms with E-state index in [-0.39, 0.29) is 0 Å². The fourth-order valence-electron chi connectivity index (χ4n) is 1.75. The molecule has 0 aliphatic rings. The van der Waals surface area contributed by atoms with E-state index in [1.807, 2.05) is 36.5 Å². The topological polar surface area (TPSA) is 67.6 Å². The number of H-pyrrole nitrogens is 1. The first-order valence-electron chi connectivity index (χ1n) is 4.98. The van der Waals surface area contributed by atoms with E-state index in [1.165, 1.54) is 0 Å². The van der Waals surface area contributed by atoms with Crippen LogP contribution in [0.25, 0.3) is 22.0 Å². The monoisotopic (exact) mass is 210 g/mol. The molecular weight excluding hydrogens is 200 g/mol. The molecule has 0 radical (unpaired) electrons. The summed E-state index contributed by atoms with van der Waals surface area (Å²) in [6, 6.07) is 9.95. The Bertz CT molecular complexity index is 628. The first-order chi connectivity index (χ1) is 7.84. The maximum absolute atomic E-state index is 5.71. The van der Waals surface area contributed by atoms with Gasteiger partial charge in [0.05, 0.1) is 5.52 Å². The van der Waals surface area contributed by atoms with Crippen molar-refractivity contribution in [2.45, 2.75) is 0 Å². The highest BCUT2D eigenvalue weighted by Crippen LogP contribution is 2.24. The number of rotatable bonds is 1. The number of hydrogen-bond donors (Lipinski definition) is 2. The molecule has 3 aromatic rings. The largest absolute Gasteiger partial charge is 0.382 e. The van der Waals surface area contributed by atoms with Gasteiger partial charge in [0, 0.05) is 23.3 Å². The Morgan fingerprint density at radius 2 is 2.06 bits per heavy atom. The van der Waals surface area contributed by atoms with E-state index in [0.29, 0.717) is 5.82 Å². The van der Waals surface area contributed by atoms with Gasteiger partial charge in [-0.05, 0) is 23.8 Å². The number of anilines is 1. The lowest BCUT2D eigenvalue weighted by molar-refractivity contribution is 1.13. The van der Waals surface area contributed by atoms with E-state index in [1.54, 1.807) is 6.20 Å². The molecule has 4 nitrogen and oxygen atoms in total. The molecule has 78 valence electrons. The van der Waals surface area contributed by atoms with Crippen LogP contribution in [0.1, 0.15) is 0 Å². The summed E-state index contributed by atoms with van der Waals surface area (Å²) in [6.07, 6.45) is 3.59. The minimum absolute atomic E-state index is 0.535. The SMILES string of the molecule is Nc1n[nH]c2cc(-c3cccnc3)ccc12. The number of benzene rings is 1. The zero-order valence-electron chi connectivity index (χ0n) is 8.51. The number of nitrogen functional groups attached to an aromatic ring is 1. The second-order valence-corrected chi connectivity index (χ2v) is 3.61. The van der Waals surface area contributed by atoms with Gasteiger partial charge in [-0.2, -0.15) is 5.10 Å². The van der Waals surface area contributed by atoms with Crippen molar-refractivity contribution in [2.75, 3.05) is 5.73 Å². The van der Waals surface area contributed by atoms with Crippen LogP contribution < -0.4 is 5.73 Å². The molecule has 3 rings (SSSR count). The molecule has 0 bridgehead atoms. The third-order valence-corrected chi connectivity index (χ3v) is 2.59. The molecule has 0 atom stereocenters. The maximum atomic E-state index is 5.71. The summed E-state index contributed by atoms with van der Waals surface area (Å²) in [5.74, 6) is 0.535. The zero-order valence-corrected chi connectivity index (χ0v) is 8.51. The van der Waals surface area contributed by atoms with Crippen molar-refractivity contribution >= 4 is 16.7 Å². The normalized spacial score (nSPS) is 10.8. The second-order valence-electron chi connectivity index (χ2n) is 3.61. The van der Waals surface area contributed by atoms with Crippen molar-refractivity contribution in [3.05, 3.63) is 42.7 Å². The van der Waals surface area contributed by atoms with Gasteiger partial charge in [-0.1, -0.05) is 12.1 Å². The van der Waals surface area contributed by atoms with Gasteiger partial charge in [0.25, 0.3) is 0 Å². The molecule has 1 aromatic carbocycles. The molecule has 0 aliphatic carbocycles. The average molecular weight is 210 g/mol. The van der Waals surface area contributed by atoms with Crippen LogP contribution >= 0.6 is 0 Å². The lowest BCUT2D eigenvalue weighted by Gasteiger charge is -2.00. The molecule has 2 aromatic heterocycles. The molecule has 0 aliphatic heterocycles. The number of nitrogens with zero attached hydrogens (tertiary/aromatic N) is 2. The van der Waals surface area contributed by atoms with Gasteiger partial charge in [0.15, 0.2) is 5.82 Å². The predicted octanol–water partition coefficient (Wildman–Crippen LogP) is 2.21. The van der Waals surface area contributed by atoms with E-state index in [4.69, 9.17) is 5.73 Å². The number of aromatic amines is 1. The molecule has 2 heterocycles. The standard InChI is InChI=1S/C12H10N4/c13-12-10-4-3-8(6-11(10)15-16-12)9-2-1-5-14-7-9/h1-7H,(H3,13,15,16). The summed E-state index contributed by atoms with van der Waals surface area (Å²) in [5.41, 5.74) is 8.84. The molecule has 3 N–H and O–H groups in total. The zero-order chi connectivity index (χ0) is 11.0. The van der Waals surface area contributed by atoms with E-state index >= 15 is 0 Å². The number of pyridine rings is 1. The van der Waals surface area contributed by atoms with E-state index in [2.05, 4.69) is 15.2 Å². The van der Waals surface area contributed by atoms with Crippen molar-refractivity contribution in [3.8, 4) is 11.1 Å². The number of hydrogen-bond acceptors (Lipinski definition) is 3. The molecule has 0 saturated carbocycles. The summed E-state index contributed by atoms with van der Waals surface area (Å²) in [4.78, 5) is 4.10. The van der Waals surface area contributed by atoms with Crippen LogP contribution in [0.15, 0.2) is 42.7 Å². The van der Waals surface area contributed by atoms with Crippen molar-refractivity contribution in [3.63, 3.8) is 0 Å². The van der Waals surface area contributed by atoms with Gasteiger partial charge >= 0.3 is 0 Å². The molecular formula is C12H10N4. The first kappa shape index (κ1) is 8.91. The Kier molecular flexibility index (Phi) is 1.86. The van der Waals surface area contributed by atoms with Gasteiger partial charge < -0.3 is 5.73 Å². The van der Waals surface area contributed by atoms with E-state index in [9.17, 15) is 0 Å². The number of fused-ring (bicyclic) bond motifs is 1. The fraction of sp³-hybridized carbons (Fsp3) is 0. The summed E-state index contributed by atoms with van der Waals surface area (Å²) in [6.45, 7) is 0. The van der Waals surface area contributed by atoms with Gasteiger partial charge in [-0.3, -0.25) is 10.1 Å². The van der Waals surface area contributed by atoms with E-state index < -0.39 is 0 Å². The Balaban J connectivity index is 2.19. The Hall–Kier alpha value is -2.36. The van der Waals surface area contributed by atoms with Crippen molar-refractivity contribution < 1.29 is 0 Å². The minimum Gasteiger partial charge on any atom is -0.382 e. The van der Waals surface area contributed by atoms with Crippen LogP contribution in [-0.2, 0) is 0 Å². The Morgan fingerprint density at radius 1 is 1.12 bits per heavy atom. The van der Waals surface area contributed by atoms with Crippen LogP contribution in [0, 0.1) is 0 Å². The molecule has 16 heavy (non-hydrogen) atoms. The summed E-state index contributed by atoms with van der Waals surface area (Å²) >= 11 is 0. The van der Waals surface area contributed by atoms with Crippen molar-refractivity contribution in [1.82, 2.24) is 15.2 Å². The lowest BCUT2D eigenvalue weighted by atomic mass is 10.1. The average Bonchev–Trinajstić information content (AvgIpc) is 2.72. The number of aromatic nitrogens is 3. The van der Waals surface area contributed by atoms with Crippen LogP contribution in [0.5, 0.6) is 0 Å². The fourth-order valence-corrected chi connectivity index (χ4v) is 1.75. The van der Waals surface area contributed by atoms with Crippen LogP contribution in [0.4, 0.5) is 5.82 Å². The third kappa shape index (κ3) is 1.32. The summed E-state index contributed by atoms with van der Waals surface area (Å²) < 4.78 is 0. The minimum atomic E-state index is 0.535. The molecule has 0 fully saturated rings. The highest BCUT2D eigenvalue weighted by Gasteiger charge is 2.03. The molecule has 0 unspecified atom stereocenters. The van der Waals surface area contributed by atoms with Crippen LogP contribution in [0.3, 0.4) is 0 Å². The van der Waals surface area contributed by atoms with Crippen LogP contribution in [0.2, 0.25) is 0 Å². The highest BCUT2D eigenvalue weighted by atomic mass is 15.1. The summed E-state index contributed by atoms with van der Waals surface area (Å²) in [5, 5.41) is 7.82. The predicted molar refractivity (Wildman–Crippen MR) is 63.7 cm³/mol. The Morgan fingerprint density at radius 3 is 2.88 bits per heavy atom. The quantitative estimate of drug-likeness (QED) is 0.647. The Labute approximate surface area is 92.1 Å².